The molecular weight excluding hydrogens is 373 g/mol. The molecule has 1 aromatic rings. The van der Waals surface area contributed by atoms with E-state index in [1.807, 2.05) is 6.92 Å². The lowest BCUT2D eigenvalue weighted by atomic mass is 9.88. The van der Waals surface area contributed by atoms with E-state index in [1.165, 1.54) is 6.42 Å². The molecule has 1 unspecified atom stereocenters. The van der Waals surface area contributed by atoms with E-state index in [9.17, 15) is 9.59 Å². The summed E-state index contributed by atoms with van der Waals surface area (Å²) in [7, 11) is 0. The van der Waals surface area contributed by atoms with Crippen LogP contribution in [0.2, 0.25) is 5.02 Å². The van der Waals surface area contributed by atoms with Gasteiger partial charge in [-0.15, -0.1) is 12.4 Å². The largest absolute Gasteiger partial charge is 0.349 e. The first kappa shape index (κ1) is 21.0. The number of carbonyl (C=O) groups excluding carboxylic acids is 2. The Labute approximate surface area is 166 Å². The van der Waals surface area contributed by atoms with E-state index >= 15 is 0 Å². The standard InChI is InChI=1S/C19H26ClN3O2.ClH/c1-12(13-10-21-11-13)18(24)23-15-7-8-17(20)16(9-15)19(25)22-14-5-3-2-4-6-14;/h7-9,12-14,21H,2-6,10-11H2,1H3,(H,22,25)(H,23,24);1H. The highest BCUT2D eigenvalue weighted by atomic mass is 35.5. The third-order valence-corrected chi connectivity index (χ3v) is 5.68. The van der Waals surface area contributed by atoms with Crippen molar-refractivity contribution in [2.75, 3.05) is 18.4 Å². The molecule has 1 saturated carbocycles. The van der Waals surface area contributed by atoms with Crippen molar-refractivity contribution in [1.82, 2.24) is 10.6 Å². The van der Waals surface area contributed by atoms with Gasteiger partial charge in [0.15, 0.2) is 0 Å². The Balaban J connectivity index is 0.00000243. The Morgan fingerprint density at radius 3 is 2.50 bits per heavy atom. The monoisotopic (exact) mass is 399 g/mol. The van der Waals surface area contributed by atoms with Gasteiger partial charge in [-0.25, -0.2) is 0 Å². The molecule has 3 rings (SSSR count). The van der Waals surface area contributed by atoms with E-state index in [0.717, 1.165) is 38.8 Å². The molecule has 0 bridgehead atoms. The number of halogens is 2. The van der Waals surface area contributed by atoms with E-state index in [1.54, 1.807) is 18.2 Å². The summed E-state index contributed by atoms with van der Waals surface area (Å²) in [5.74, 6) is 0.134. The van der Waals surface area contributed by atoms with Gasteiger partial charge in [0.05, 0.1) is 10.6 Å². The third-order valence-electron chi connectivity index (χ3n) is 5.35. The normalized spacial score (nSPS) is 19.0. The summed E-state index contributed by atoms with van der Waals surface area (Å²) in [6.07, 6.45) is 5.59. The first-order chi connectivity index (χ1) is 12.0. The lowest BCUT2D eigenvalue weighted by molar-refractivity contribution is -0.121. The van der Waals surface area contributed by atoms with Crippen LogP contribution < -0.4 is 16.0 Å². The molecule has 144 valence electrons. The highest BCUT2D eigenvalue weighted by Crippen LogP contribution is 2.24. The topological polar surface area (TPSA) is 70.2 Å². The molecule has 1 aliphatic heterocycles. The van der Waals surface area contributed by atoms with Crippen LogP contribution in [0.25, 0.3) is 0 Å². The maximum atomic E-state index is 12.6. The fourth-order valence-electron chi connectivity index (χ4n) is 3.42. The number of hydrogen-bond donors (Lipinski definition) is 3. The minimum Gasteiger partial charge on any atom is -0.349 e. The van der Waals surface area contributed by atoms with Gasteiger partial charge in [-0.05, 0) is 50.0 Å². The van der Waals surface area contributed by atoms with Gasteiger partial charge < -0.3 is 16.0 Å². The lowest BCUT2D eigenvalue weighted by Gasteiger charge is -2.31. The fourth-order valence-corrected chi connectivity index (χ4v) is 3.63. The van der Waals surface area contributed by atoms with Gasteiger partial charge in [0, 0.05) is 17.6 Å². The van der Waals surface area contributed by atoms with Gasteiger partial charge in [0.1, 0.15) is 0 Å². The molecule has 1 atom stereocenters. The van der Waals surface area contributed by atoms with Gasteiger partial charge in [-0.1, -0.05) is 37.8 Å². The van der Waals surface area contributed by atoms with Crippen molar-refractivity contribution in [2.45, 2.75) is 45.1 Å². The molecule has 1 heterocycles. The van der Waals surface area contributed by atoms with Crippen LogP contribution in [0.3, 0.4) is 0 Å². The van der Waals surface area contributed by atoms with Crippen LogP contribution in [0.15, 0.2) is 18.2 Å². The number of benzene rings is 1. The zero-order chi connectivity index (χ0) is 17.8. The molecule has 7 heteroatoms. The molecule has 5 nitrogen and oxygen atoms in total. The van der Waals surface area contributed by atoms with Crippen molar-refractivity contribution in [3.8, 4) is 0 Å². The minimum atomic E-state index is -0.163. The van der Waals surface area contributed by atoms with Crippen LogP contribution >= 0.6 is 24.0 Å². The van der Waals surface area contributed by atoms with Crippen LogP contribution in [-0.4, -0.2) is 30.9 Å². The van der Waals surface area contributed by atoms with Crippen molar-refractivity contribution >= 4 is 41.5 Å². The average molecular weight is 400 g/mol. The zero-order valence-electron chi connectivity index (χ0n) is 15.0. The summed E-state index contributed by atoms with van der Waals surface area (Å²) < 4.78 is 0. The molecule has 3 N–H and O–H groups in total. The zero-order valence-corrected chi connectivity index (χ0v) is 16.6. The van der Waals surface area contributed by atoms with Gasteiger partial charge in [0.2, 0.25) is 5.91 Å². The van der Waals surface area contributed by atoms with E-state index in [-0.39, 0.29) is 36.2 Å². The highest BCUT2D eigenvalue weighted by Gasteiger charge is 2.29. The predicted molar refractivity (Wildman–Crippen MR) is 107 cm³/mol. The van der Waals surface area contributed by atoms with E-state index < -0.39 is 0 Å². The highest BCUT2D eigenvalue weighted by molar-refractivity contribution is 6.34. The Morgan fingerprint density at radius 2 is 1.88 bits per heavy atom. The Bertz CT molecular complexity index is 644. The van der Waals surface area contributed by atoms with Crippen molar-refractivity contribution in [3.05, 3.63) is 28.8 Å². The van der Waals surface area contributed by atoms with Crippen molar-refractivity contribution in [1.29, 1.82) is 0 Å². The van der Waals surface area contributed by atoms with E-state index in [2.05, 4.69) is 16.0 Å². The average Bonchev–Trinajstić information content (AvgIpc) is 2.55. The van der Waals surface area contributed by atoms with Crippen LogP contribution in [0.4, 0.5) is 5.69 Å². The Morgan fingerprint density at radius 1 is 1.19 bits per heavy atom. The smallest absolute Gasteiger partial charge is 0.253 e. The molecule has 2 aliphatic rings. The maximum absolute atomic E-state index is 12.6. The number of carbonyl (C=O) groups is 2. The molecular formula is C19H27Cl2N3O2. The molecule has 26 heavy (non-hydrogen) atoms. The van der Waals surface area contributed by atoms with Crippen molar-refractivity contribution in [2.24, 2.45) is 11.8 Å². The SMILES string of the molecule is CC(C(=O)Nc1ccc(Cl)c(C(=O)NC2CCCCC2)c1)C1CNC1.Cl. The summed E-state index contributed by atoms with van der Waals surface area (Å²) in [5.41, 5.74) is 1.03. The second-order valence-corrected chi connectivity index (χ2v) is 7.61. The summed E-state index contributed by atoms with van der Waals surface area (Å²) in [5, 5.41) is 9.57. The van der Waals surface area contributed by atoms with Gasteiger partial charge in [-0.3, -0.25) is 9.59 Å². The molecule has 2 fully saturated rings. The number of hydrogen-bond acceptors (Lipinski definition) is 3. The molecule has 0 radical (unpaired) electrons. The first-order valence-electron chi connectivity index (χ1n) is 9.16. The molecule has 2 amide bonds. The second kappa shape index (κ2) is 9.58. The van der Waals surface area contributed by atoms with Crippen LogP contribution in [0, 0.1) is 11.8 Å². The number of amides is 2. The molecule has 0 spiro atoms. The maximum Gasteiger partial charge on any atom is 0.253 e. The summed E-state index contributed by atoms with van der Waals surface area (Å²) in [4.78, 5) is 24.9. The van der Waals surface area contributed by atoms with Crippen molar-refractivity contribution in [3.63, 3.8) is 0 Å². The minimum absolute atomic E-state index is 0. The fraction of sp³-hybridized carbons (Fsp3) is 0.579. The molecule has 1 saturated heterocycles. The van der Waals surface area contributed by atoms with Crippen LogP contribution in [0.5, 0.6) is 0 Å². The molecule has 0 aromatic heterocycles. The summed E-state index contributed by atoms with van der Waals surface area (Å²) >= 11 is 6.21. The number of rotatable bonds is 5. The Hall–Kier alpha value is -1.30. The number of anilines is 1. The van der Waals surface area contributed by atoms with Gasteiger partial charge in [0.25, 0.3) is 5.91 Å². The molecule has 1 aromatic carbocycles. The van der Waals surface area contributed by atoms with Gasteiger partial charge in [-0.2, -0.15) is 0 Å². The Kier molecular flexibility index (Phi) is 7.74. The summed E-state index contributed by atoms with van der Waals surface area (Å²) in [6.45, 7) is 3.70. The van der Waals surface area contributed by atoms with Crippen molar-refractivity contribution < 1.29 is 9.59 Å². The predicted octanol–water partition coefficient (Wildman–Crippen LogP) is 3.62. The summed E-state index contributed by atoms with van der Waals surface area (Å²) in [6, 6.07) is 5.30. The van der Waals surface area contributed by atoms with E-state index in [0.29, 0.717) is 22.2 Å². The quantitative estimate of drug-likeness (QED) is 0.707. The van der Waals surface area contributed by atoms with Crippen LogP contribution in [-0.2, 0) is 4.79 Å². The molecule has 1 aliphatic carbocycles. The second-order valence-electron chi connectivity index (χ2n) is 7.20. The van der Waals surface area contributed by atoms with E-state index in [4.69, 9.17) is 11.6 Å². The van der Waals surface area contributed by atoms with Crippen LogP contribution in [0.1, 0.15) is 49.4 Å². The third kappa shape index (κ3) is 5.12. The first-order valence-corrected chi connectivity index (χ1v) is 9.54. The lowest BCUT2D eigenvalue weighted by Crippen LogP contribution is -2.48. The number of nitrogens with one attached hydrogen (secondary N) is 3. The van der Waals surface area contributed by atoms with Gasteiger partial charge >= 0.3 is 0 Å².